The molecule has 2 rings (SSSR count). The molecule has 0 saturated carbocycles. The largest absolute Gasteiger partial charge is 0.361 e. The molecule has 7 heteroatoms. The second-order valence-electron chi connectivity index (χ2n) is 7.14. The number of aromatic nitrogens is 1. The Balaban J connectivity index is 1.72. The average molecular weight is 322 g/mol. The Bertz CT molecular complexity index is 554. The highest BCUT2D eigenvalue weighted by Gasteiger charge is 2.25. The predicted molar refractivity (Wildman–Crippen MR) is 86.2 cm³/mol. The van der Waals surface area contributed by atoms with Gasteiger partial charge in [-0.25, -0.2) is 4.79 Å². The molecule has 0 aromatic carbocycles. The van der Waals surface area contributed by atoms with E-state index in [1.807, 2.05) is 25.7 Å². The molecule has 3 amide bonds. The molecule has 1 aliphatic rings. The van der Waals surface area contributed by atoms with E-state index in [1.54, 1.807) is 13.0 Å². The highest BCUT2D eigenvalue weighted by atomic mass is 16.5. The number of urea groups is 1. The van der Waals surface area contributed by atoms with E-state index in [9.17, 15) is 9.59 Å². The number of aryl methyl sites for hydroxylation is 1. The fourth-order valence-electron chi connectivity index (χ4n) is 2.54. The number of carbonyl (C=O) groups excluding carboxylic acids is 2. The summed E-state index contributed by atoms with van der Waals surface area (Å²) in [6.07, 6.45) is 1.77. The Morgan fingerprint density at radius 2 is 2.00 bits per heavy atom. The summed E-state index contributed by atoms with van der Waals surface area (Å²) in [5.41, 5.74) is 0.0851. The first kappa shape index (κ1) is 17.3. The molecule has 1 aromatic heterocycles. The van der Waals surface area contributed by atoms with Crippen LogP contribution in [0.15, 0.2) is 10.6 Å². The lowest BCUT2D eigenvalue weighted by Gasteiger charge is -2.34. The normalized spacial score (nSPS) is 16.3. The molecule has 1 saturated heterocycles. The molecule has 0 atom stereocenters. The van der Waals surface area contributed by atoms with Gasteiger partial charge in [0.1, 0.15) is 5.76 Å². The summed E-state index contributed by atoms with van der Waals surface area (Å²) < 4.78 is 4.90. The minimum absolute atomic E-state index is 0.0157. The quantitative estimate of drug-likeness (QED) is 0.890. The van der Waals surface area contributed by atoms with Crippen LogP contribution >= 0.6 is 0 Å². The van der Waals surface area contributed by atoms with E-state index in [0.29, 0.717) is 37.0 Å². The molecular weight excluding hydrogens is 296 g/mol. The first-order chi connectivity index (χ1) is 10.7. The zero-order valence-corrected chi connectivity index (χ0v) is 14.3. The van der Waals surface area contributed by atoms with Gasteiger partial charge in [-0.2, -0.15) is 0 Å². The van der Waals surface area contributed by atoms with Crippen molar-refractivity contribution in [2.24, 2.45) is 5.92 Å². The Kier molecular flexibility index (Phi) is 5.28. The summed E-state index contributed by atoms with van der Waals surface area (Å²) >= 11 is 0. The smallest absolute Gasteiger partial charge is 0.317 e. The number of hydrogen-bond donors (Lipinski definition) is 2. The minimum atomic E-state index is -0.225. The molecular formula is C16H26N4O3. The highest BCUT2D eigenvalue weighted by molar-refractivity contribution is 5.92. The van der Waals surface area contributed by atoms with Crippen molar-refractivity contribution in [2.45, 2.75) is 46.1 Å². The average Bonchev–Trinajstić information content (AvgIpc) is 2.90. The Morgan fingerprint density at radius 3 is 2.52 bits per heavy atom. The molecule has 0 radical (unpaired) electrons. The van der Waals surface area contributed by atoms with Crippen LogP contribution in [0.25, 0.3) is 0 Å². The summed E-state index contributed by atoms with van der Waals surface area (Å²) in [5, 5.41) is 9.56. The SMILES string of the molecule is Cc1cc(C(=O)NCC2CCN(C(=O)NC(C)(C)C)CC2)no1. The van der Waals surface area contributed by atoms with Gasteiger partial charge in [-0.1, -0.05) is 5.16 Å². The maximum atomic E-state index is 12.1. The first-order valence-electron chi connectivity index (χ1n) is 8.03. The predicted octanol–water partition coefficient (Wildman–Crippen LogP) is 1.93. The van der Waals surface area contributed by atoms with Crippen LogP contribution in [0.3, 0.4) is 0 Å². The van der Waals surface area contributed by atoms with Crippen LogP contribution in [0.2, 0.25) is 0 Å². The van der Waals surface area contributed by atoms with Gasteiger partial charge in [-0.05, 0) is 46.5 Å². The molecule has 0 spiro atoms. The van der Waals surface area contributed by atoms with Crippen molar-refractivity contribution in [3.63, 3.8) is 0 Å². The van der Waals surface area contributed by atoms with Crippen LogP contribution in [0.5, 0.6) is 0 Å². The molecule has 1 aromatic rings. The van der Waals surface area contributed by atoms with Gasteiger partial charge in [0.25, 0.3) is 5.91 Å². The molecule has 0 unspecified atom stereocenters. The molecule has 1 aliphatic heterocycles. The van der Waals surface area contributed by atoms with Gasteiger partial charge in [-0.3, -0.25) is 4.79 Å². The second-order valence-corrected chi connectivity index (χ2v) is 7.14. The van der Waals surface area contributed by atoms with E-state index in [1.165, 1.54) is 0 Å². The lowest BCUT2D eigenvalue weighted by molar-refractivity contribution is 0.0928. The van der Waals surface area contributed by atoms with Gasteiger partial charge in [0.2, 0.25) is 0 Å². The summed E-state index contributed by atoms with van der Waals surface area (Å²) in [6.45, 7) is 9.69. The zero-order valence-electron chi connectivity index (χ0n) is 14.3. The maximum absolute atomic E-state index is 12.1. The van der Waals surface area contributed by atoms with Crippen LogP contribution in [0.1, 0.15) is 49.9 Å². The molecule has 2 heterocycles. The third-order valence-corrected chi connectivity index (χ3v) is 3.80. The Morgan fingerprint density at radius 1 is 1.35 bits per heavy atom. The van der Waals surface area contributed by atoms with Crippen molar-refractivity contribution in [2.75, 3.05) is 19.6 Å². The van der Waals surface area contributed by atoms with Crippen LogP contribution in [0.4, 0.5) is 4.79 Å². The number of rotatable bonds is 3. The fraction of sp³-hybridized carbons (Fsp3) is 0.688. The molecule has 0 bridgehead atoms. The van der Waals surface area contributed by atoms with Crippen LogP contribution in [0, 0.1) is 12.8 Å². The molecule has 2 N–H and O–H groups in total. The lowest BCUT2D eigenvalue weighted by Crippen LogP contribution is -2.51. The Labute approximate surface area is 136 Å². The molecule has 23 heavy (non-hydrogen) atoms. The summed E-state index contributed by atoms with van der Waals surface area (Å²) in [7, 11) is 0. The Hall–Kier alpha value is -2.05. The monoisotopic (exact) mass is 322 g/mol. The highest BCUT2D eigenvalue weighted by Crippen LogP contribution is 2.17. The fourth-order valence-corrected chi connectivity index (χ4v) is 2.54. The van der Waals surface area contributed by atoms with Gasteiger partial charge in [0.15, 0.2) is 5.69 Å². The van der Waals surface area contributed by atoms with Gasteiger partial charge in [0, 0.05) is 31.2 Å². The standard InChI is InChI=1S/C16H26N4O3/c1-11-9-13(19-23-11)14(21)17-10-12-5-7-20(8-6-12)15(22)18-16(2,3)4/h9,12H,5-8,10H2,1-4H3,(H,17,21)(H,18,22). The van der Waals surface area contributed by atoms with Gasteiger partial charge in [0.05, 0.1) is 0 Å². The van der Waals surface area contributed by atoms with Crippen molar-refractivity contribution in [3.8, 4) is 0 Å². The van der Waals surface area contributed by atoms with E-state index < -0.39 is 0 Å². The van der Waals surface area contributed by atoms with Crippen molar-refractivity contribution in [1.82, 2.24) is 20.7 Å². The lowest BCUT2D eigenvalue weighted by atomic mass is 9.97. The van der Waals surface area contributed by atoms with Gasteiger partial charge < -0.3 is 20.1 Å². The van der Waals surface area contributed by atoms with E-state index in [4.69, 9.17) is 4.52 Å². The van der Waals surface area contributed by atoms with Crippen LogP contribution in [-0.2, 0) is 0 Å². The third kappa shape index (κ3) is 5.26. The number of hydrogen-bond acceptors (Lipinski definition) is 4. The molecule has 128 valence electrons. The third-order valence-electron chi connectivity index (χ3n) is 3.80. The number of nitrogens with one attached hydrogen (secondary N) is 2. The summed E-state index contributed by atoms with van der Waals surface area (Å²) in [4.78, 5) is 25.9. The summed E-state index contributed by atoms with van der Waals surface area (Å²) in [5.74, 6) is 0.786. The number of likely N-dealkylation sites (tertiary alicyclic amines) is 1. The van der Waals surface area contributed by atoms with Crippen molar-refractivity contribution in [1.29, 1.82) is 0 Å². The minimum Gasteiger partial charge on any atom is -0.361 e. The summed E-state index contributed by atoms with van der Waals surface area (Å²) in [6, 6.07) is 1.60. The van der Waals surface area contributed by atoms with E-state index >= 15 is 0 Å². The number of piperidine rings is 1. The van der Waals surface area contributed by atoms with Gasteiger partial charge in [-0.15, -0.1) is 0 Å². The number of carbonyl (C=O) groups is 2. The van der Waals surface area contributed by atoms with E-state index in [0.717, 1.165) is 12.8 Å². The molecule has 7 nitrogen and oxygen atoms in total. The number of nitrogens with zero attached hydrogens (tertiary/aromatic N) is 2. The van der Waals surface area contributed by atoms with Crippen molar-refractivity contribution in [3.05, 3.63) is 17.5 Å². The van der Waals surface area contributed by atoms with Crippen molar-refractivity contribution < 1.29 is 14.1 Å². The zero-order chi connectivity index (χ0) is 17.0. The second kappa shape index (κ2) is 7.02. The first-order valence-corrected chi connectivity index (χ1v) is 8.03. The maximum Gasteiger partial charge on any atom is 0.317 e. The van der Waals surface area contributed by atoms with Crippen molar-refractivity contribution >= 4 is 11.9 Å². The van der Waals surface area contributed by atoms with Crippen LogP contribution < -0.4 is 10.6 Å². The van der Waals surface area contributed by atoms with Gasteiger partial charge >= 0.3 is 6.03 Å². The molecule has 1 fully saturated rings. The number of amides is 3. The van der Waals surface area contributed by atoms with E-state index in [2.05, 4.69) is 15.8 Å². The van der Waals surface area contributed by atoms with Crippen LogP contribution in [-0.4, -0.2) is 47.2 Å². The molecule has 0 aliphatic carbocycles. The van der Waals surface area contributed by atoms with E-state index in [-0.39, 0.29) is 17.5 Å². The topological polar surface area (TPSA) is 87.5 Å².